The summed E-state index contributed by atoms with van der Waals surface area (Å²) in [7, 11) is -3.41. The van der Waals surface area contributed by atoms with E-state index in [0.29, 0.717) is 11.4 Å². The summed E-state index contributed by atoms with van der Waals surface area (Å²) in [6.45, 7) is 3.51. The van der Waals surface area contributed by atoms with E-state index in [2.05, 4.69) is 10.0 Å². The summed E-state index contributed by atoms with van der Waals surface area (Å²) in [6, 6.07) is 5.54. The molecular weight excluding hydrogens is 260 g/mol. The summed E-state index contributed by atoms with van der Waals surface area (Å²) in [5.74, 6) is 0. The van der Waals surface area contributed by atoms with Crippen LogP contribution in [-0.2, 0) is 22.9 Å². The highest BCUT2D eigenvalue weighted by Crippen LogP contribution is 2.26. The zero-order valence-electron chi connectivity index (χ0n) is 11.2. The van der Waals surface area contributed by atoms with Crippen LogP contribution in [0, 0.1) is 0 Å². The number of rotatable bonds is 3. The number of sulfonamides is 1. The van der Waals surface area contributed by atoms with Crippen molar-refractivity contribution in [3.8, 4) is 0 Å². The van der Waals surface area contributed by atoms with Gasteiger partial charge in [-0.25, -0.2) is 13.1 Å². The van der Waals surface area contributed by atoms with Crippen LogP contribution in [0.1, 0.15) is 30.9 Å². The Morgan fingerprint density at radius 2 is 2.05 bits per heavy atom. The van der Waals surface area contributed by atoms with Crippen LogP contribution in [0.15, 0.2) is 23.1 Å². The molecule has 1 fully saturated rings. The maximum absolute atomic E-state index is 12.5. The van der Waals surface area contributed by atoms with Crippen LogP contribution < -0.4 is 10.0 Å². The van der Waals surface area contributed by atoms with Gasteiger partial charge in [-0.2, -0.15) is 0 Å². The Bertz CT molecular complexity index is 589. The summed E-state index contributed by atoms with van der Waals surface area (Å²) < 4.78 is 27.8. The van der Waals surface area contributed by atoms with E-state index >= 15 is 0 Å². The molecule has 104 valence electrons. The summed E-state index contributed by atoms with van der Waals surface area (Å²) >= 11 is 0. The van der Waals surface area contributed by atoms with Crippen molar-refractivity contribution in [2.24, 2.45) is 0 Å². The van der Waals surface area contributed by atoms with Gasteiger partial charge in [0.25, 0.3) is 0 Å². The molecule has 1 saturated heterocycles. The van der Waals surface area contributed by atoms with Gasteiger partial charge in [-0.3, -0.25) is 0 Å². The lowest BCUT2D eigenvalue weighted by Gasteiger charge is -2.24. The first-order valence-electron chi connectivity index (χ1n) is 6.85. The van der Waals surface area contributed by atoms with Crippen LogP contribution in [0.5, 0.6) is 0 Å². The van der Waals surface area contributed by atoms with Crippen molar-refractivity contribution in [3.63, 3.8) is 0 Å². The predicted octanol–water partition coefficient (Wildman–Crippen LogP) is 1.21. The van der Waals surface area contributed by atoms with Crippen LogP contribution in [0.25, 0.3) is 0 Å². The lowest BCUT2D eigenvalue weighted by atomic mass is 10.0. The van der Waals surface area contributed by atoms with Gasteiger partial charge in [-0.05, 0) is 62.4 Å². The topological polar surface area (TPSA) is 58.2 Å². The zero-order valence-corrected chi connectivity index (χ0v) is 12.0. The molecule has 4 nitrogen and oxygen atoms in total. The Balaban J connectivity index is 1.88. The van der Waals surface area contributed by atoms with Crippen molar-refractivity contribution in [2.45, 2.75) is 43.0 Å². The SMILES string of the molecule is CC1(NS(=O)(=O)c2ccc3c(c2)CCC3)CCNC1. The molecule has 19 heavy (non-hydrogen) atoms. The smallest absolute Gasteiger partial charge is 0.241 e. The fraction of sp³-hybridized carbons (Fsp3) is 0.571. The van der Waals surface area contributed by atoms with E-state index < -0.39 is 10.0 Å². The van der Waals surface area contributed by atoms with Crippen molar-refractivity contribution in [1.29, 1.82) is 0 Å². The molecule has 0 saturated carbocycles. The van der Waals surface area contributed by atoms with E-state index in [9.17, 15) is 8.42 Å². The second kappa shape index (κ2) is 4.58. The van der Waals surface area contributed by atoms with Gasteiger partial charge < -0.3 is 5.32 Å². The van der Waals surface area contributed by atoms with Gasteiger partial charge in [0.2, 0.25) is 10.0 Å². The predicted molar refractivity (Wildman–Crippen MR) is 74.7 cm³/mol. The number of benzene rings is 1. The summed E-state index contributed by atoms with van der Waals surface area (Å²) in [6.07, 6.45) is 4.04. The molecule has 1 heterocycles. The average molecular weight is 280 g/mol. The molecular formula is C14H20N2O2S. The second-order valence-electron chi connectivity index (χ2n) is 5.88. The molecule has 0 bridgehead atoms. The Kier molecular flexibility index (Phi) is 3.15. The van der Waals surface area contributed by atoms with E-state index in [1.807, 2.05) is 19.1 Å². The van der Waals surface area contributed by atoms with Crippen LogP contribution in [-0.4, -0.2) is 27.0 Å². The molecule has 2 aliphatic rings. The number of hydrogen-bond acceptors (Lipinski definition) is 3. The largest absolute Gasteiger partial charge is 0.315 e. The first-order chi connectivity index (χ1) is 8.99. The molecule has 1 unspecified atom stereocenters. The molecule has 1 aromatic rings. The van der Waals surface area contributed by atoms with E-state index in [0.717, 1.165) is 32.2 Å². The molecule has 0 aromatic heterocycles. The molecule has 1 atom stereocenters. The number of nitrogens with one attached hydrogen (secondary N) is 2. The summed E-state index contributed by atoms with van der Waals surface area (Å²) in [4.78, 5) is 0.404. The fourth-order valence-corrected chi connectivity index (χ4v) is 4.49. The van der Waals surface area contributed by atoms with Gasteiger partial charge in [0.1, 0.15) is 0 Å². The van der Waals surface area contributed by atoms with Gasteiger partial charge in [0.15, 0.2) is 0 Å². The molecule has 3 rings (SSSR count). The van der Waals surface area contributed by atoms with Crippen molar-refractivity contribution >= 4 is 10.0 Å². The third-order valence-corrected chi connectivity index (χ3v) is 5.77. The Morgan fingerprint density at radius 1 is 1.26 bits per heavy atom. The van der Waals surface area contributed by atoms with Gasteiger partial charge in [0.05, 0.1) is 4.90 Å². The average Bonchev–Trinajstić information content (AvgIpc) is 2.96. The van der Waals surface area contributed by atoms with Gasteiger partial charge in [-0.1, -0.05) is 6.07 Å². The third-order valence-electron chi connectivity index (χ3n) is 4.13. The van der Waals surface area contributed by atoms with Crippen molar-refractivity contribution in [2.75, 3.05) is 13.1 Å². The minimum Gasteiger partial charge on any atom is -0.315 e. The molecule has 0 spiro atoms. The highest BCUT2D eigenvalue weighted by atomic mass is 32.2. The number of fused-ring (bicyclic) bond motifs is 1. The van der Waals surface area contributed by atoms with Crippen LogP contribution in [0.3, 0.4) is 0 Å². The quantitative estimate of drug-likeness (QED) is 0.875. The molecule has 1 aliphatic heterocycles. The summed E-state index contributed by atoms with van der Waals surface area (Å²) in [5.41, 5.74) is 2.13. The standard InChI is InChI=1S/C14H20N2O2S/c1-14(7-8-15-10-14)16-19(17,18)13-6-5-11-3-2-4-12(11)9-13/h5-6,9,15-16H,2-4,7-8,10H2,1H3. The maximum atomic E-state index is 12.5. The van der Waals surface area contributed by atoms with Crippen LogP contribution in [0.4, 0.5) is 0 Å². The fourth-order valence-electron chi connectivity index (χ4n) is 3.00. The Morgan fingerprint density at radius 3 is 2.79 bits per heavy atom. The highest BCUT2D eigenvalue weighted by molar-refractivity contribution is 7.89. The van der Waals surface area contributed by atoms with E-state index in [1.165, 1.54) is 11.1 Å². The molecule has 2 N–H and O–H groups in total. The van der Waals surface area contributed by atoms with Gasteiger partial charge >= 0.3 is 0 Å². The zero-order chi connectivity index (χ0) is 13.5. The van der Waals surface area contributed by atoms with E-state index in [1.54, 1.807) is 6.07 Å². The highest BCUT2D eigenvalue weighted by Gasteiger charge is 2.33. The van der Waals surface area contributed by atoms with Gasteiger partial charge in [0, 0.05) is 12.1 Å². The molecule has 5 heteroatoms. The lowest BCUT2D eigenvalue weighted by Crippen LogP contribution is -2.47. The second-order valence-corrected chi connectivity index (χ2v) is 7.56. The van der Waals surface area contributed by atoms with Crippen LogP contribution in [0.2, 0.25) is 0 Å². The monoisotopic (exact) mass is 280 g/mol. The molecule has 1 aromatic carbocycles. The normalized spacial score (nSPS) is 26.6. The third kappa shape index (κ3) is 2.55. The first kappa shape index (κ1) is 13.1. The van der Waals surface area contributed by atoms with E-state index in [-0.39, 0.29) is 5.54 Å². The number of hydrogen-bond donors (Lipinski definition) is 2. The Hall–Kier alpha value is -0.910. The molecule has 1 aliphatic carbocycles. The van der Waals surface area contributed by atoms with Crippen molar-refractivity contribution < 1.29 is 8.42 Å². The summed E-state index contributed by atoms with van der Waals surface area (Å²) in [5, 5.41) is 3.20. The maximum Gasteiger partial charge on any atom is 0.241 e. The minimum atomic E-state index is -3.41. The molecule has 0 radical (unpaired) electrons. The Labute approximate surface area is 114 Å². The lowest BCUT2D eigenvalue weighted by molar-refractivity contribution is 0.452. The molecule has 0 amide bonds. The van der Waals surface area contributed by atoms with E-state index in [4.69, 9.17) is 0 Å². The van der Waals surface area contributed by atoms with Crippen molar-refractivity contribution in [3.05, 3.63) is 29.3 Å². The van der Waals surface area contributed by atoms with Gasteiger partial charge in [-0.15, -0.1) is 0 Å². The number of aryl methyl sites for hydroxylation is 2. The first-order valence-corrected chi connectivity index (χ1v) is 8.33. The van der Waals surface area contributed by atoms with Crippen LogP contribution >= 0.6 is 0 Å². The minimum absolute atomic E-state index is 0.363. The van der Waals surface area contributed by atoms with Crippen molar-refractivity contribution in [1.82, 2.24) is 10.0 Å².